The summed E-state index contributed by atoms with van der Waals surface area (Å²) < 4.78 is 27.8. The Balaban J connectivity index is 2.67. The fourth-order valence-corrected chi connectivity index (χ4v) is 5.08. The Morgan fingerprint density at radius 1 is 1.40 bits per heavy atom. The smallest absolute Gasteiger partial charge is 0.250 e. The van der Waals surface area contributed by atoms with Gasteiger partial charge in [0.15, 0.2) is 0 Å². The van der Waals surface area contributed by atoms with E-state index in [1.807, 2.05) is 18.6 Å². The van der Waals surface area contributed by atoms with Gasteiger partial charge in [-0.2, -0.15) is 11.8 Å². The van der Waals surface area contributed by atoms with Gasteiger partial charge in [0, 0.05) is 18.3 Å². The van der Waals surface area contributed by atoms with Crippen molar-refractivity contribution in [2.45, 2.75) is 43.5 Å². The van der Waals surface area contributed by atoms with Crippen molar-refractivity contribution in [3.63, 3.8) is 0 Å². The lowest BCUT2D eigenvalue weighted by atomic mass is 10.3. The van der Waals surface area contributed by atoms with Crippen molar-refractivity contribution in [1.82, 2.24) is 10.0 Å². The van der Waals surface area contributed by atoms with E-state index in [0.29, 0.717) is 4.21 Å². The molecule has 0 aliphatic carbocycles. The summed E-state index contributed by atoms with van der Waals surface area (Å²) in [6.07, 6.45) is 3.86. The molecule has 1 atom stereocenters. The molecule has 2 N–H and O–H groups in total. The zero-order valence-electron chi connectivity index (χ0n) is 12.3. The fourth-order valence-electron chi connectivity index (χ4n) is 1.71. The third-order valence-corrected chi connectivity index (χ3v) is 6.58. The van der Waals surface area contributed by atoms with Crippen molar-refractivity contribution >= 4 is 33.1 Å². The molecular formula is C13H24N2O2S3. The van der Waals surface area contributed by atoms with Crippen molar-refractivity contribution < 1.29 is 8.42 Å². The van der Waals surface area contributed by atoms with Crippen molar-refractivity contribution in [2.24, 2.45) is 0 Å². The summed E-state index contributed by atoms with van der Waals surface area (Å²) in [5, 5.41) is 5.19. The van der Waals surface area contributed by atoms with Gasteiger partial charge in [0.05, 0.1) is 0 Å². The van der Waals surface area contributed by atoms with Crippen molar-refractivity contribution in [1.29, 1.82) is 0 Å². The number of hydrogen-bond acceptors (Lipinski definition) is 5. The van der Waals surface area contributed by atoms with Crippen LogP contribution in [0.25, 0.3) is 0 Å². The Labute approximate surface area is 130 Å². The van der Waals surface area contributed by atoms with Crippen LogP contribution < -0.4 is 10.0 Å². The minimum atomic E-state index is -3.38. The highest BCUT2D eigenvalue weighted by atomic mass is 32.2. The van der Waals surface area contributed by atoms with E-state index in [4.69, 9.17) is 0 Å². The summed E-state index contributed by atoms with van der Waals surface area (Å²) in [7, 11) is -3.38. The van der Waals surface area contributed by atoms with Crippen LogP contribution in [-0.2, 0) is 16.6 Å². The average molecular weight is 337 g/mol. The molecule has 0 saturated heterocycles. The Hall–Kier alpha value is -0.0800. The van der Waals surface area contributed by atoms with E-state index in [1.165, 1.54) is 11.3 Å². The minimum absolute atomic E-state index is 0.00114. The molecule has 0 aliphatic rings. The summed E-state index contributed by atoms with van der Waals surface area (Å²) in [6, 6.07) is 1.76. The highest BCUT2D eigenvalue weighted by Gasteiger charge is 2.20. The first-order valence-corrected chi connectivity index (χ1v) is 10.6. The molecule has 1 heterocycles. The predicted octanol–water partition coefficient (Wildman–Crippen LogP) is 2.67. The Kier molecular flexibility index (Phi) is 8.13. The first kappa shape index (κ1) is 18.0. The van der Waals surface area contributed by atoms with Crippen LogP contribution in [0.5, 0.6) is 0 Å². The molecular weight excluding hydrogens is 312 g/mol. The van der Waals surface area contributed by atoms with Crippen LogP contribution in [0.2, 0.25) is 0 Å². The lowest BCUT2D eigenvalue weighted by Crippen LogP contribution is -2.35. The second-order valence-corrected chi connectivity index (χ2v) is 8.40. The van der Waals surface area contributed by atoms with Crippen molar-refractivity contribution in [3.05, 3.63) is 17.0 Å². The van der Waals surface area contributed by atoms with Gasteiger partial charge in [0.1, 0.15) is 4.21 Å². The lowest BCUT2D eigenvalue weighted by molar-refractivity contribution is 0.560. The van der Waals surface area contributed by atoms with E-state index >= 15 is 0 Å². The molecule has 4 nitrogen and oxygen atoms in total. The van der Waals surface area contributed by atoms with E-state index in [-0.39, 0.29) is 6.04 Å². The van der Waals surface area contributed by atoms with Crippen molar-refractivity contribution in [2.75, 3.05) is 18.6 Å². The van der Waals surface area contributed by atoms with E-state index < -0.39 is 10.0 Å². The van der Waals surface area contributed by atoms with Crippen LogP contribution in [0.3, 0.4) is 0 Å². The van der Waals surface area contributed by atoms with Gasteiger partial charge in [-0.15, -0.1) is 11.3 Å². The molecule has 1 unspecified atom stereocenters. The molecule has 0 amide bonds. The molecule has 0 radical (unpaired) electrons. The maximum Gasteiger partial charge on any atom is 0.250 e. The molecule has 0 aromatic carbocycles. The van der Waals surface area contributed by atoms with Gasteiger partial charge in [0.25, 0.3) is 0 Å². The fraction of sp³-hybridized carbons (Fsp3) is 0.692. The molecule has 1 aromatic rings. The summed E-state index contributed by atoms with van der Waals surface area (Å²) in [4.78, 5) is 0. The zero-order chi connectivity index (χ0) is 15.0. The molecule has 20 heavy (non-hydrogen) atoms. The summed E-state index contributed by atoms with van der Waals surface area (Å²) in [5.74, 6) is 0.798. The largest absolute Gasteiger partial charge is 0.313 e. The highest BCUT2D eigenvalue weighted by molar-refractivity contribution is 7.98. The summed E-state index contributed by atoms with van der Waals surface area (Å²) >= 11 is 2.94. The Morgan fingerprint density at radius 3 is 2.75 bits per heavy atom. The standard InChI is InChI=1S/C13H24N2O2S3/c1-4-6-14-8-11-7-13(19-9-11)20(16,17)15-12(5-2)10-18-3/h7,9,12,14-15H,4-6,8,10H2,1-3H3. The molecule has 7 heteroatoms. The number of thioether (sulfide) groups is 1. The number of thiophene rings is 1. The van der Waals surface area contributed by atoms with Gasteiger partial charge in [-0.3, -0.25) is 0 Å². The van der Waals surface area contributed by atoms with Crippen LogP contribution in [0.15, 0.2) is 15.7 Å². The Morgan fingerprint density at radius 2 is 2.15 bits per heavy atom. The first-order chi connectivity index (χ1) is 9.53. The minimum Gasteiger partial charge on any atom is -0.313 e. The van der Waals surface area contributed by atoms with Crippen LogP contribution in [0, 0.1) is 0 Å². The van der Waals surface area contributed by atoms with E-state index in [9.17, 15) is 8.42 Å². The third-order valence-electron chi connectivity index (χ3n) is 2.83. The molecule has 1 aromatic heterocycles. The van der Waals surface area contributed by atoms with Gasteiger partial charge in [-0.1, -0.05) is 13.8 Å². The van der Waals surface area contributed by atoms with E-state index in [0.717, 1.165) is 37.2 Å². The molecule has 0 saturated carbocycles. The SMILES string of the molecule is CCCNCc1csc(S(=O)(=O)NC(CC)CSC)c1. The first-order valence-electron chi connectivity index (χ1n) is 6.82. The van der Waals surface area contributed by atoms with Crippen LogP contribution in [0.4, 0.5) is 0 Å². The lowest BCUT2D eigenvalue weighted by Gasteiger charge is -2.14. The topological polar surface area (TPSA) is 58.2 Å². The summed E-state index contributed by atoms with van der Waals surface area (Å²) in [6.45, 7) is 5.78. The quantitative estimate of drug-likeness (QED) is 0.645. The average Bonchev–Trinajstić information content (AvgIpc) is 2.88. The molecule has 116 valence electrons. The Bertz CT molecular complexity index is 486. The summed E-state index contributed by atoms with van der Waals surface area (Å²) in [5.41, 5.74) is 1.03. The van der Waals surface area contributed by atoms with Gasteiger partial charge in [-0.05, 0) is 42.7 Å². The second-order valence-electron chi connectivity index (χ2n) is 4.63. The predicted molar refractivity (Wildman–Crippen MR) is 89.1 cm³/mol. The molecule has 1 rings (SSSR count). The second kappa shape index (κ2) is 9.04. The van der Waals surface area contributed by atoms with Crippen LogP contribution in [-0.4, -0.2) is 33.0 Å². The molecule has 0 fully saturated rings. The zero-order valence-corrected chi connectivity index (χ0v) is 14.8. The van der Waals surface area contributed by atoms with Gasteiger partial charge >= 0.3 is 0 Å². The molecule has 0 spiro atoms. The number of rotatable bonds is 10. The normalized spacial score (nSPS) is 13.6. The van der Waals surface area contributed by atoms with Gasteiger partial charge < -0.3 is 5.32 Å². The third kappa shape index (κ3) is 5.73. The van der Waals surface area contributed by atoms with Crippen LogP contribution in [0.1, 0.15) is 32.3 Å². The molecule has 0 bridgehead atoms. The maximum absolute atomic E-state index is 12.3. The number of sulfonamides is 1. The monoisotopic (exact) mass is 336 g/mol. The van der Waals surface area contributed by atoms with E-state index in [2.05, 4.69) is 17.0 Å². The van der Waals surface area contributed by atoms with Crippen LogP contribution >= 0.6 is 23.1 Å². The number of nitrogens with one attached hydrogen (secondary N) is 2. The maximum atomic E-state index is 12.3. The number of hydrogen-bond donors (Lipinski definition) is 2. The van der Waals surface area contributed by atoms with Gasteiger partial charge in [0.2, 0.25) is 10.0 Å². The van der Waals surface area contributed by atoms with Crippen molar-refractivity contribution in [3.8, 4) is 0 Å². The molecule has 0 aliphatic heterocycles. The highest BCUT2D eigenvalue weighted by Crippen LogP contribution is 2.21. The van der Waals surface area contributed by atoms with Gasteiger partial charge in [-0.25, -0.2) is 13.1 Å². The van der Waals surface area contributed by atoms with E-state index in [1.54, 1.807) is 17.8 Å².